The lowest BCUT2D eigenvalue weighted by atomic mass is 9.93. The largest absolute Gasteiger partial charge is 0.441 e. The van der Waals surface area contributed by atoms with Gasteiger partial charge in [0.25, 0.3) is 0 Å². The Labute approximate surface area is 153 Å². The molecule has 132 valence electrons. The van der Waals surface area contributed by atoms with Crippen LogP contribution in [0.25, 0.3) is 22.2 Å². The van der Waals surface area contributed by atoms with Crippen LogP contribution < -0.4 is 4.90 Å². The highest BCUT2D eigenvalue weighted by atomic mass is 16.3. The molecule has 1 aliphatic rings. The Morgan fingerprint density at radius 2 is 2.04 bits per heavy atom. The van der Waals surface area contributed by atoms with Crippen LogP contribution in [-0.2, 0) is 0 Å². The molecular formula is C21H22N4O. The van der Waals surface area contributed by atoms with E-state index >= 15 is 0 Å². The molecule has 0 saturated carbocycles. The van der Waals surface area contributed by atoms with Gasteiger partial charge in [-0.2, -0.15) is 5.26 Å². The van der Waals surface area contributed by atoms with Gasteiger partial charge in [0.15, 0.2) is 12.0 Å². The Hall–Kier alpha value is -2.84. The molecule has 1 aliphatic heterocycles. The summed E-state index contributed by atoms with van der Waals surface area (Å²) < 4.78 is 5.80. The minimum atomic E-state index is 0.507. The first-order valence-electron chi connectivity index (χ1n) is 8.88. The molecule has 0 radical (unpaired) electrons. The summed E-state index contributed by atoms with van der Waals surface area (Å²) in [5, 5.41) is 9.73. The van der Waals surface area contributed by atoms with E-state index in [2.05, 4.69) is 47.1 Å². The van der Waals surface area contributed by atoms with Gasteiger partial charge in [0.05, 0.1) is 11.3 Å². The van der Waals surface area contributed by atoms with Crippen molar-refractivity contribution < 1.29 is 4.42 Å². The first-order valence-corrected chi connectivity index (χ1v) is 8.88. The van der Waals surface area contributed by atoms with Crippen LogP contribution in [0.4, 0.5) is 5.69 Å². The number of fused-ring (bicyclic) bond motifs is 1. The molecule has 2 heterocycles. The first kappa shape index (κ1) is 16.6. The Kier molecular flexibility index (Phi) is 4.14. The second-order valence-electron chi connectivity index (χ2n) is 7.08. The van der Waals surface area contributed by atoms with Crippen LogP contribution in [0.3, 0.4) is 0 Å². The smallest absolute Gasteiger partial charge is 0.182 e. The average molecular weight is 346 g/mol. The predicted molar refractivity (Wildman–Crippen MR) is 103 cm³/mol. The fourth-order valence-electron chi connectivity index (χ4n) is 3.95. The van der Waals surface area contributed by atoms with Crippen molar-refractivity contribution in [2.45, 2.75) is 19.4 Å². The summed E-state index contributed by atoms with van der Waals surface area (Å²) in [4.78, 5) is 9.00. The van der Waals surface area contributed by atoms with Crippen LogP contribution in [-0.4, -0.2) is 43.1 Å². The maximum absolute atomic E-state index is 9.73. The van der Waals surface area contributed by atoms with Crippen molar-refractivity contribution >= 4 is 16.8 Å². The van der Waals surface area contributed by atoms with E-state index in [1.54, 1.807) is 0 Å². The molecule has 1 saturated heterocycles. The van der Waals surface area contributed by atoms with E-state index in [0.717, 1.165) is 41.9 Å². The van der Waals surface area contributed by atoms with Crippen molar-refractivity contribution in [3.05, 3.63) is 47.9 Å². The molecule has 0 spiro atoms. The summed E-state index contributed by atoms with van der Waals surface area (Å²) >= 11 is 0. The van der Waals surface area contributed by atoms with Crippen molar-refractivity contribution in [3.8, 4) is 17.2 Å². The van der Waals surface area contributed by atoms with E-state index in [9.17, 15) is 5.26 Å². The molecule has 5 heteroatoms. The molecule has 3 aromatic rings. The Balaban J connectivity index is 1.99. The maximum Gasteiger partial charge on any atom is 0.182 e. The van der Waals surface area contributed by atoms with Gasteiger partial charge in [-0.05, 0) is 38.6 Å². The number of nitrogens with zero attached hydrogens (tertiary/aromatic N) is 4. The molecule has 1 atom stereocenters. The lowest BCUT2D eigenvalue weighted by Gasteiger charge is -2.25. The second-order valence-corrected chi connectivity index (χ2v) is 7.08. The molecule has 2 aromatic carbocycles. The maximum atomic E-state index is 9.73. The standard InChI is InChI=1S/C21H22N4O/c1-14-17(11-22)19-21(26-13-23-19)20(18(14)15-7-5-4-6-8-15)25-10-9-16(12-25)24(2)3/h4-8,13,16H,9-10,12H2,1-3H3. The number of oxazole rings is 1. The second kappa shape index (κ2) is 6.47. The van der Waals surface area contributed by atoms with Crippen molar-refractivity contribution in [2.24, 2.45) is 0 Å². The number of likely N-dealkylation sites (N-methyl/N-ethyl adjacent to an activating group) is 1. The molecule has 26 heavy (non-hydrogen) atoms. The van der Waals surface area contributed by atoms with Crippen LogP contribution in [0.5, 0.6) is 0 Å². The van der Waals surface area contributed by atoms with E-state index in [0.29, 0.717) is 22.7 Å². The third-order valence-electron chi connectivity index (χ3n) is 5.39. The highest BCUT2D eigenvalue weighted by molar-refractivity contribution is 6.02. The molecule has 5 nitrogen and oxygen atoms in total. The van der Waals surface area contributed by atoms with Crippen LogP contribution in [0, 0.1) is 18.3 Å². The summed E-state index contributed by atoms with van der Waals surface area (Å²) in [6, 6.07) is 13.1. The summed E-state index contributed by atoms with van der Waals surface area (Å²) in [6.45, 7) is 3.91. The van der Waals surface area contributed by atoms with Crippen LogP contribution in [0.15, 0.2) is 41.1 Å². The molecule has 0 aliphatic carbocycles. The van der Waals surface area contributed by atoms with Gasteiger partial charge in [0.1, 0.15) is 11.6 Å². The number of rotatable bonds is 3. The fraction of sp³-hybridized carbons (Fsp3) is 0.333. The minimum absolute atomic E-state index is 0.507. The quantitative estimate of drug-likeness (QED) is 0.722. The Morgan fingerprint density at radius 3 is 2.69 bits per heavy atom. The van der Waals surface area contributed by atoms with Gasteiger partial charge in [-0.15, -0.1) is 0 Å². The van der Waals surface area contributed by atoms with Gasteiger partial charge in [0.2, 0.25) is 0 Å². The summed E-state index contributed by atoms with van der Waals surface area (Å²) in [5.74, 6) is 0. The molecule has 0 bridgehead atoms. The summed E-state index contributed by atoms with van der Waals surface area (Å²) in [7, 11) is 4.25. The van der Waals surface area contributed by atoms with Gasteiger partial charge >= 0.3 is 0 Å². The van der Waals surface area contributed by atoms with Crippen molar-refractivity contribution in [1.29, 1.82) is 5.26 Å². The van der Waals surface area contributed by atoms with Gasteiger partial charge in [-0.1, -0.05) is 30.3 Å². The highest BCUT2D eigenvalue weighted by Gasteiger charge is 2.30. The monoisotopic (exact) mass is 346 g/mol. The number of aromatic nitrogens is 1. The van der Waals surface area contributed by atoms with Crippen molar-refractivity contribution in [1.82, 2.24) is 9.88 Å². The molecule has 4 rings (SSSR count). The molecule has 1 unspecified atom stereocenters. The van der Waals surface area contributed by atoms with E-state index in [4.69, 9.17) is 4.42 Å². The number of anilines is 1. The minimum Gasteiger partial charge on any atom is -0.441 e. The Morgan fingerprint density at radius 1 is 1.27 bits per heavy atom. The molecule has 0 N–H and O–H groups in total. The predicted octanol–water partition coefficient (Wildman–Crippen LogP) is 3.82. The highest BCUT2D eigenvalue weighted by Crippen LogP contribution is 2.43. The van der Waals surface area contributed by atoms with Crippen LogP contribution in [0.1, 0.15) is 17.5 Å². The van der Waals surface area contributed by atoms with Gasteiger partial charge in [-0.25, -0.2) is 4.98 Å². The third-order valence-corrected chi connectivity index (χ3v) is 5.39. The summed E-state index contributed by atoms with van der Waals surface area (Å²) in [5.41, 5.74) is 6.17. The number of hydrogen-bond donors (Lipinski definition) is 0. The fourth-order valence-corrected chi connectivity index (χ4v) is 3.95. The van der Waals surface area contributed by atoms with E-state index < -0.39 is 0 Å². The van der Waals surface area contributed by atoms with Gasteiger partial charge in [0, 0.05) is 24.7 Å². The number of nitriles is 1. The van der Waals surface area contributed by atoms with Crippen molar-refractivity contribution in [3.63, 3.8) is 0 Å². The van der Waals surface area contributed by atoms with Crippen LogP contribution >= 0.6 is 0 Å². The zero-order chi connectivity index (χ0) is 18.3. The van der Waals surface area contributed by atoms with E-state index in [1.807, 2.05) is 25.1 Å². The zero-order valence-corrected chi connectivity index (χ0v) is 15.4. The number of benzene rings is 2. The van der Waals surface area contributed by atoms with E-state index in [-0.39, 0.29) is 0 Å². The SMILES string of the molecule is Cc1c(-c2ccccc2)c(N2CCC(N(C)C)C2)c2ocnc2c1C#N. The van der Waals surface area contributed by atoms with Gasteiger partial charge in [-0.3, -0.25) is 0 Å². The zero-order valence-electron chi connectivity index (χ0n) is 15.4. The summed E-state index contributed by atoms with van der Waals surface area (Å²) in [6.07, 6.45) is 2.55. The molecule has 1 fully saturated rings. The van der Waals surface area contributed by atoms with E-state index in [1.165, 1.54) is 6.39 Å². The third kappa shape index (κ3) is 2.54. The average Bonchev–Trinajstić information content (AvgIpc) is 3.31. The normalized spacial score (nSPS) is 17.2. The van der Waals surface area contributed by atoms with Crippen molar-refractivity contribution in [2.75, 3.05) is 32.1 Å². The molecule has 0 amide bonds. The lowest BCUT2D eigenvalue weighted by molar-refractivity contribution is 0.315. The first-order chi connectivity index (χ1) is 12.6. The molecular weight excluding hydrogens is 324 g/mol. The molecule has 1 aromatic heterocycles. The Bertz CT molecular complexity index is 985. The van der Waals surface area contributed by atoms with Crippen LogP contribution in [0.2, 0.25) is 0 Å². The lowest BCUT2D eigenvalue weighted by Crippen LogP contribution is -2.31. The number of hydrogen-bond acceptors (Lipinski definition) is 5. The topological polar surface area (TPSA) is 56.3 Å². The van der Waals surface area contributed by atoms with Gasteiger partial charge < -0.3 is 14.2 Å².